The number of amides is 1. The van der Waals surface area contributed by atoms with Crippen molar-refractivity contribution in [2.45, 2.75) is 63.5 Å². The number of carbonyl (C=O) groups excluding carboxylic acids is 1. The molecule has 1 N–H and O–H groups in total. The maximum absolute atomic E-state index is 13.1. The van der Waals surface area contributed by atoms with Gasteiger partial charge in [-0.15, -0.1) is 0 Å². The molecule has 1 saturated carbocycles. The van der Waals surface area contributed by atoms with Crippen LogP contribution in [0.2, 0.25) is 0 Å². The molecule has 0 spiro atoms. The van der Waals surface area contributed by atoms with E-state index >= 15 is 0 Å². The van der Waals surface area contributed by atoms with Crippen LogP contribution in [0.5, 0.6) is 0 Å². The summed E-state index contributed by atoms with van der Waals surface area (Å²) in [6, 6.07) is 18.6. The topological polar surface area (TPSA) is 40.5 Å². The predicted octanol–water partition coefficient (Wildman–Crippen LogP) is 4.61. The van der Waals surface area contributed by atoms with E-state index in [4.69, 9.17) is 0 Å². The fourth-order valence-electron chi connectivity index (χ4n) is 5.35. The molecule has 3 atom stereocenters. The van der Waals surface area contributed by atoms with Crippen LogP contribution in [-0.2, 0) is 16.8 Å². The lowest BCUT2D eigenvalue weighted by Crippen LogP contribution is -2.59. The molecule has 1 heterocycles. The second-order valence-corrected chi connectivity index (χ2v) is 8.51. The monoisotopic (exact) mass is 377 g/mol. The summed E-state index contributed by atoms with van der Waals surface area (Å²) in [5, 5.41) is 11.6. The Morgan fingerprint density at radius 1 is 1.07 bits per heavy atom. The molecule has 28 heavy (non-hydrogen) atoms. The van der Waals surface area contributed by atoms with E-state index < -0.39 is 5.60 Å². The Hall–Kier alpha value is -2.13. The number of aliphatic hydroxyl groups is 1. The van der Waals surface area contributed by atoms with Crippen LogP contribution in [0.25, 0.3) is 0 Å². The van der Waals surface area contributed by atoms with E-state index in [0.29, 0.717) is 19.4 Å². The first kappa shape index (κ1) is 19.2. The zero-order valence-electron chi connectivity index (χ0n) is 16.8. The Balaban J connectivity index is 1.50. The van der Waals surface area contributed by atoms with Crippen LogP contribution in [0, 0.1) is 12.8 Å². The van der Waals surface area contributed by atoms with E-state index in [9.17, 15) is 9.90 Å². The number of hydrogen-bond donors (Lipinski definition) is 1. The average molecular weight is 378 g/mol. The van der Waals surface area contributed by atoms with Gasteiger partial charge in [0.25, 0.3) is 0 Å². The van der Waals surface area contributed by atoms with E-state index in [2.05, 4.69) is 24.0 Å². The first-order valence-corrected chi connectivity index (χ1v) is 10.7. The lowest BCUT2D eigenvalue weighted by molar-refractivity contribution is -0.154. The maximum atomic E-state index is 13.1. The van der Waals surface area contributed by atoms with Crippen LogP contribution in [0.3, 0.4) is 0 Å². The van der Waals surface area contributed by atoms with Gasteiger partial charge in [0.2, 0.25) is 5.91 Å². The SMILES string of the molecule is Cc1ccccc1CCC(=O)N1CCC(O)(c2ccccc2)[C@@H]2CCCC[C@@H]21. The van der Waals surface area contributed by atoms with Crippen molar-refractivity contribution in [3.8, 4) is 0 Å². The minimum absolute atomic E-state index is 0.139. The Morgan fingerprint density at radius 3 is 2.57 bits per heavy atom. The second kappa shape index (κ2) is 8.08. The Morgan fingerprint density at radius 2 is 1.79 bits per heavy atom. The highest BCUT2D eigenvalue weighted by molar-refractivity contribution is 5.77. The van der Waals surface area contributed by atoms with Crippen molar-refractivity contribution in [2.75, 3.05) is 6.54 Å². The van der Waals surface area contributed by atoms with Crippen LogP contribution in [0.4, 0.5) is 0 Å². The lowest BCUT2D eigenvalue weighted by atomic mass is 9.66. The zero-order valence-corrected chi connectivity index (χ0v) is 16.8. The van der Waals surface area contributed by atoms with Crippen molar-refractivity contribution in [1.82, 2.24) is 4.90 Å². The number of nitrogens with zero attached hydrogens (tertiary/aromatic N) is 1. The summed E-state index contributed by atoms with van der Waals surface area (Å²) in [6.07, 6.45) is 6.27. The van der Waals surface area contributed by atoms with E-state index in [0.717, 1.165) is 37.7 Å². The number of piperidine rings is 1. The number of fused-ring (bicyclic) bond motifs is 1. The molecular weight excluding hydrogens is 346 g/mol. The molecule has 2 fully saturated rings. The molecule has 1 aliphatic heterocycles. The van der Waals surface area contributed by atoms with Gasteiger partial charge in [0.05, 0.1) is 5.60 Å². The third kappa shape index (κ3) is 3.60. The highest BCUT2D eigenvalue weighted by atomic mass is 16.3. The molecule has 1 saturated heterocycles. The van der Waals surface area contributed by atoms with Crippen molar-refractivity contribution in [1.29, 1.82) is 0 Å². The van der Waals surface area contributed by atoms with E-state index in [-0.39, 0.29) is 17.9 Å². The van der Waals surface area contributed by atoms with Gasteiger partial charge in [-0.1, -0.05) is 67.4 Å². The molecule has 1 aliphatic carbocycles. The fourth-order valence-corrected chi connectivity index (χ4v) is 5.35. The number of likely N-dealkylation sites (tertiary alicyclic amines) is 1. The summed E-state index contributed by atoms with van der Waals surface area (Å²) < 4.78 is 0. The van der Waals surface area contributed by atoms with Crippen molar-refractivity contribution < 1.29 is 9.90 Å². The number of rotatable bonds is 4. The van der Waals surface area contributed by atoms with Gasteiger partial charge in [0.15, 0.2) is 0 Å². The van der Waals surface area contributed by atoms with Crippen LogP contribution < -0.4 is 0 Å². The normalized spacial score (nSPS) is 27.3. The first-order chi connectivity index (χ1) is 13.6. The summed E-state index contributed by atoms with van der Waals surface area (Å²) in [4.78, 5) is 15.2. The maximum Gasteiger partial charge on any atom is 0.223 e. The second-order valence-electron chi connectivity index (χ2n) is 8.51. The molecule has 3 heteroatoms. The molecule has 3 nitrogen and oxygen atoms in total. The van der Waals surface area contributed by atoms with Gasteiger partial charge in [-0.2, -0.15) is 0 Å². The minimum Gasteiger partial charge on any atom is -0.385 e. The van der Waals surface area contributed by atoms with Gasteiger partial charge >= 0.3 is 0 Å². The van der Waals surface area contributed by atoms with Crippen LogP contribution in [0.1, 0.15) is 55.2 Å². The van der Waals surface area contributed by atoms with Crippen molar-refractivity contribution >= 4 is 5.91 Å². The number of benzene rings is 2. The molecule has 2 aromatic carbocycles. The Kier molecular flexibility index (Phi) is 5.54. The molecule has 0 aromatic heterocycles. The molecule has 148 valence electrons. The third-order valence-electron chi connectivity index (χ3n) is 6.94. The fraction of sp³-hybridized carbons (Fsp3) is 0.480. The Bertz CT molecular complexity index is 818. The lowest BCUT2D eigenvalue weighted by Gasteiger charge is -2.52. The summed E-state index contributed by atoms with van der Waals surface area (Å²) in [5.74, 6) is 0.384. The summed E-state index contributed by atoms with van der Waals surface area (Å²) in [6.45, 7) is 2.76. The molecule has 4 rings (SSSR count). The third-order valence-corrected chi connectivity index (χ3v) is 6.94. The number of aryl methyl sites for hydroxylation is 2. The first-order valence-electron chi connectivity index (χ1n) is 10.7. The summed E-state index contributed by atoms with van der Waals surface area (Å²) in [7, 11) is 0. The van der Waals surface area contributed by atoms with E-state index in [1.54, 1.807) is 0 Å². The molecule has 2 aromatic rings. The largest absolute Gasteiger partial charge is 0.385 e. The smallest absolute Gasteiger partial charge is 0.223 e. The standard InChI is InChI=1S/C25H31NO2/c1-19-9-5-6-10-20(19)15-16-24(27)26-18-17-25(28,21-11-3-2-4-12-21)22-13-7-8-14-23(22)26/h2-6,9-12,22-23,28H,7-8,13-18H2,1H3/t22-,23+,25?/m1/s1. The van der Waals surface area contributed by atoms with E-state index in [1.807, 2.05) is 42.5 Å². The summed E-state index contributed by atoms with van der Waals surface area (Å²) in [5.41, 5.74) is 2.72. The van der Waals surface area contributed by atoms with Gasteiger partial charge in [-0.05, 0) is 49.3 Å². The van der Waals surface area contributed by atoms with Crippen molar-refractivity contribution in [3.05, 3.63) is 71.3 Å². The molecule has 2 aliphatic rings. The quantitative estimate of drug-likeness (QED) is 0.845. The van der Waals surface area contributed by atoms with Gasteiger partial charge in [-0.3, -0.25) is 4.79 Å². The van der Waals surface area contributed by atoms with Crippen LogP contribution in [-0.4, -0.2) is 28.5 Å². The van der Waals surface area contributed by atoms with Gasteiger partial charge in [0, 0.05) is 24.9 Å². The van der Waals surface area contributed by atoms with E-state index in [1.165, 1.54) is 11.1 Å². The van der Waals surface area contributed by atoms with Crippen molar-refractivity contribution in [2.24, 2.45) is 5.92 Å². The highest BCUT2D eigenvalue weighted by Gasteiger charge is 2.50. The Labute approximate surface area is 168 Å². The summed E-state index contributed by atoms with van der Waals surface area (Å²) >= 11 is 0. The van der Waals surface area contributed by atoms with Gasteiger partial charge < -0.3 is 10.0 Å². The molecule has 0 radical (unpaired) electrons. The van der Waals surface area contributed by atoms with Gasteiger partial charge in [0.1, 0.15) is 0 Å². The minimum atomic E-state index is -0.806. The van der Waals surface area contributed by atoms with Crippen molar-refractivity contribution in [3.63, 3.8) is 0 Å². The molecule has 1 amide bonds. The van der Waals surface area contributed by atoms with Gasteiger partial charge in [-0.25, -0.2) is 0 Å². The average Bonchev–Trinajstić information content (AvgIpc) is 2.74. The number of hydrogen-bond acceptors (Lipinski definition) is 2. The molecular formula is C25H31NO2. The molecule has 1 unspecified atom stereocenters. The van der Waals surface area contributed by atoms with Crippen LogP contribution >= 0.6 is 0 Å². The van der Waals surface area contributed by atoms with Crippen LogP contribution in [0.15, 0.2) is 54.6 Å². The predicted molar refractivity (Wildman–Crippen MR) is 112 cm³/mol. The highest BCUT2D eigenvalue weighted by Crippen LogP contribution is 2.47. The molecule has 0 bridgehead atoms. The zero-order chi connectivity index (χ0) is 19.6. The number of carbonyl (C=O) groups is 1.